The van der Waals surface area contributed by atoms with Crippen LogP contribution in [0.2, 0.25) is 0 Å². The number of rotatable bonds is 4. The Bertz CT molecular complexity index is 1000. The molecule has 1 aliphatic heterocycles. The molecule has 1 saturated heterocycles. The summed E-state index contributed by atoms with van der Waals surface area (Å²) in [5.41, 5.74) is 1.02. The topological polar surface area (TPSA) is 62.3 Å². The fourth-order valence-corrected chi connectivity index (χ4v) is 5.24. The quantitative estimate of drug-likeness (QED) is 0.767. The van der Waals surface area contributed by atoms with E-state index >= 15 is 0 Å². The first-order valence-corrected chi connectivity index (χ1v) is 10.2. The number of nitrogens with one attached hydrogen (secondary N) is 1. The van der Waals surface area contributed by atoms with Crippen molar-refractivity contribution in [3.8, 4) is 0 Å². The van der Waals surface area contributed by atoms with Gasteiger partial charge in [0.05, 0.1) is 4.90 Å². The molecule has 0 saturated carbocycles. The van der Waals surface area contributed by atoms with Crippen molar-refractivity contribution in [3.05, 3.63) is 67.0 Å². The first kappa shape index (κ1) is 17.0. The molecule has 1 atom stereocenters. The van der Waals surface area contributed by atoms with Crippen molar-refractivity contribution in [2.45, 2.75) is 23.8 Å². The van der Waals surface area contributed by atoms with E-state index in [1.54, 1.807) is 34.9 Å². The fraction of sp³-hybridized carbons (Fsp3) is 0.250. The molecule has 2 heterocycles. The molecule has 6 heteroatoms. The van der Waals surface area contributed by atoms with E-state index in [0.29, 0.717) is 18.0 Å². The zero-order valence-corrected chi connectivity index (χ0v) is 15.2. The average molecular weight is 367 g/mol. The van der Waals surface area contributed by atoms with Crippen LogP contribution in [-0.4, -0.2) is 36.8 Å². The second kappa shape index (κ2) is 7.05. The molecule has 0 bridgehead atoms. The highest BCUT2D eigenvalue weighted by Gasteiger charge is 2.31. The average Bonchev–Trinajstić information content (AvgIpc) is 2.68. The van der Waals surface area contributed by atoms with Crippen molar-refractivity contribution in [1.82, 2.24) is 9.29 Å². The molecular formula is C20H21N3O2S. The molecule has 0 aliphatic carbocycles. The maximum absolute atomic E-state index is 13.3. The number of pyridine rings is 1. The third kappa shape index (κ3) is 3.30. The lowest BCUT2D eigenvalue weighted by atomic mass is 10.1. The summed E-state index contributed by atoms with van der Waals surface area (Å²) >= 11 is 0. The predicted molar refractivity (Wildman–Crippen MR) is 104 cm³/mol. The molecule has 134 valence electrons. The second-order valence-corrected chi connectivity index (χ2v) is 8.47. The van der Waals surface area contributed by atoms with E-state index in [0.717, 1.165) is 29.3 Å². The molecule has 1 aliphatic rings. The van der Waals surface area contributed by atoms with Crippen LogP contribution in [0, 0.1) is 0 Å². The van der Waals surface area contributed by atoms with Crippen LogP contribution in [0.3, 0.4) is 0 Å². The summed E-state index contributed by atoms with van der Waals surface area (Å²) in [5.74, 6) is 0. The molecule has 0 amide bonds. The van der Waals surface area contributed by atoms with Crippen molar-refractivity contribution in [3.63, 3.8) is 0 Å². The van der Waals surface area contributed by atoms with Gasteiger partial charge in [0.25, 0.3) is 0 Å². The number of nitrogens with zero attached hydrogens (tertiary/aromatic N) is 2. The molecule has 0 spiro atoms. The summed E-state index contributed by atoms with van der Waals surface area (Å²) in [6.45, 7) is 1.02. The Morgan fingerprint density at radius 3 is 2.73 bits per heavy atom. The lowest BCUT2D eigenvalue weighted by Crippen LogP contribution is -2.45. The van der Waals surface area contributed by atoms with Gasteiger partial charge in [0.15, 0.2) is 0 Å². The summed E-state index contributed by atoms with van der Waals surface area (Å²) < 4.78 is 28.2. The van der Waals surface area contributed by atoms with Crippen LogP contribution in [0.15, 0.2) is 71.9 Å². The molecule has 3 aromatic rings. The Morgan fingerprint density at radius 2 is 1.88 bits per heavy atom. The second-order valence-electron chi connectivity index (χ2n) is 6.57. The van der Waals surface area contributed by atoms with Crippen LogP contribution in [-0.2, 0) is 10.0 Å². The molecule has 1 unspecified atom stereocenters. The Balaban J connectivity index is 1.61. The van der Waals surface area contributed by atoms with Crippen molar-refractivity contribution in [2.75, 3.05) is 18.4 Å². The Labute approximate surface area is 153 Å². The van der Waals surface area contributed by atoms with E-state index in [-0.39, 0.29) is 6.04 Å². The number of hydrogen-bond acceptors (Lipinski definition) is 4. The predicted octanol–water partition coefficient (Wildman–Crippen LogP) is 3.50. The summed E-state index contributed by atoms with van der Waals surface area (Å²) in [6, 6.07) is 17.2. The molecule has 1 aromatic heterocycles. The maximum atomic E-state index is 13.3. The van der Waals surface area contributed by atoms with Crippen molar-refractivity contribution in [1.29, 1.82) is 0 Å². The smallest absolute Gasteiger partial charge is 0.243 e. The van der Waals surface area contributed by atoms with Gasteiger partial charge in [-0.2, -0.15) is 4.31 Å². The largest absolute Gasteiger partial charge is 0.381 e. The van der Waals surface area contributed by atoms with Gasteiger partial charge in [-0.15, -0.1) is 0 Å². The van der Waals surface area contributed by atoms with Crippen LogP contribution < -0.4 is 5.32 Å². The first-order chi connectivity index (χ1) is 12.6. The van der Waals surface area contributed by atoms with Crippen molar-refractivity contribution < 1.29 is 8.42 Å². The number of sulfonamides is 1. The number of anilines is 1. The maximum Gasteiger partial charge on any atom is 0.243 e. The van der Waals surface area contributed by atoms with Crippen molar-refractivity contribution in [2.24, 2.45) is 0 Å². The van der Waals surface area contributed by atoms with Gasteiger partial charge in [0.1, 0.15) is 0 Å². The Morgan fingerprint density at radius 1 is 1.04 bits per heavy atom. The van der Waals surface area contributed by atoms with Crippen LogP contribution in [0.1, 0.15) is 12.8 Å². The van der Waals surface area contributed by atoms with E-state index in [1.807, 2.05) is 36.4 Å². The van der Waals surface area contributed by atoms with E-state index in [9.17, 15) is 8.42 Å². The highest BCUT2D eigenvalue weighted by atomic mass is 32.2. The highest BCUT2D eigenvalue weighted by Crippen LogP contribution is 2.27. The molecule has 5 nitrogen and oxygen atoms in total. The molecule has 4 rings (SSSR count). The van der Waals surface area contributed by atoms with Gasteiger partial charge < -0.3 is 5.32 Å². The third-order valence-corrected chi connectivity index (χ3v) is 6.71. The van der Waals surface area contributed by atoms with E-state index in [4.69, 9.17) is 0 Å². The van der Waals surface area contributed by atoms with Crippen LogP contribution in [0.4, 0.5) is 5.69 Å². The summed E-state index contributed by atoms with van der Waals surface area (Å²) in [4.78, 5) is 4.45. The minimum atomic E-state index is -3.55. The van der Waals surface area contributed by atoms with Gasteiger partial charge in [0.2, 0.25) is 10.0 Å². The van der Waals surface area contributed by atoms with E-state index in [2.05, 4.69) is 10.3 Å². The van der Waals surface area contributed by atoms with Gasteiger partial charge in [-0.25, -0.2) is 8.42 Å². The summed E-state index contributed by atoms with van der Waals surface area (Å²) in [6.07, 6.45) is 5.14. The van der Waals surface area contributed by atoms with Gasteiger partial charge in [-0.3, -0.25) is 4.98 Å². The third-order valence-electron chi connectivity index (χ3n) is 4.79. The van der Waals surface area contributed by atoms with Crippen molar-refractivity contribution >= 4 is 26.5 Å². The number of aromatic nitrogens is 1. The molecule has 1 N–H and O–H groups in total. The molecule has 0 radical (unpaired) electrons. The minimum absolute atomic E-state index is 0.109. The molecule has 2 aromatic carbocycles. The van der Waals surface area contributed by atoms with Gasteiger partial charge >= 0.3 is 0 Å². The number of piperidine rings is 1. The number of fused-ring (bicyclic) bond motifs is 1. The standard InChI is InChI=1S/C20H21N3O2S/c24-26(25,20-10-4-6-16-14-21-12-11-19(16)20)23-13-5-9-18(15-23)22-17-7-2-1-3-8-17/h1-4,6-8,10-12,14,18,22H,5,9,13,15H2. The number of para-hydroxylation sites is 1. The summed E-state index contributed by atoms with van der Waals surface area (Å²) in [7, 11) is -3.55. The lowest BCUT2D eigenvalue weighted by molar-refractivity contribution is 0.327. The normalized spacial score (nSPS) is 18.7. The first-order valence-electron chi connectivity index (χ1n) is 8.79. The monoisotopic (exact) mass is 367 g/mol. The van der Waals surface area contributed by atoms with Gasteiger partial charge in [-0.1, -0.05) is 30.3 Å². The van der Waals surface area contributed by atoms with E-state index < -0.39 is 10.0 Å². The molecule has 26 heavy (non-hydrogen) atoms. The lowest BCUT2D eigenvalue weighted by Gasteiger charge is -2.33. The molecule has 1 fully saturated rings. The molecular weight excluding hydrogens is 346 g/mol. The van der Waals surface area contributed by atoms with Crippen LogP contribution in [0.25, 0.3) is 10.8 Å². The summed E-state index contributed by atoms with van der Waals surface area (Å²) in [5, 5.41) is 5.02. The minimum Gasteiger partial charge on any atom is -0.381 e. The van der Waals surface area contributed by atoms with Gasteiger partial charge in [-0.05, 0) is 37.1 Å². The van der Waals surface area contributed by atoms with Gasteiger partial charge in [0, 0.05) is 48.0 Å². The van der Waals surface area contributed by atoms with E-state index in [1.165, 1.54) is 0 Å². The van der Waals surface area contributed by atoms with Crippen LogP contribution >= 0.6 is 0 Å². The zero-order chi connectivity index (χ0) is 18.0. The highest BCUT2D eigenvalue weighted by molar-refractivity contribution is 7.89. The van der Waals surface area contributed by atoms with Crippen LogP contribution in [0.5, 0.6) is 0 Å². The SMILES string of the molecule is O=S(=O)(c1cccc2cnccc12)N1CCCC(Nc2ccccc2)C1. The number of benzene rings is 2. The Kier molecular flexibility index (Phi) is 4.61. The fourth-order valence-electron chi connectivity index (χ4n) is 3.51. The zero-order valence-electron chi connectivity index (χ0n) is 14.4. The number of hydrogen-bond donors (Lipinski definition) is 1. The Hall–Kier alpha value is -2.44.